The monoisotopic (exact) mass is 261 g/mol. The lowest BCUT2D eigenvalue weighted by Gasteiger charge is -2.24. The molecular weight excluding hydrogens is 234 g/mol. The maximum atomic E-state index is 11.5. The van der Waals surface area contributed by atoms with Crippen LogP contribution in [0.5, 0.6) is 0 Å². The minimum absolute atomic E-state index is 0.381. The molecule has 17 heavy (non-hydrogen) atoms. The quantitative estimate of drug-likeness (QED) is 0.714. The van der Waals surface area contributed by atoms with Gasteiger partial charge in [-0.3, -0.25) is 0 Å². The van der Waals surface area contributed by atoms with Crippen molar-refractivity contribution in [1.82, 2.24) is 5.32 Å². The molecule has 2 atom stereocenters. The molecule has 3 nitrogen and oxygen atoms in total. The van der Waals surface area contributed by atoms with Gasteiger partial charge in [0.25, 0.3) is 0 Å². The van der Waals surface area contributed by atoms with Gasteiger partial charge in [-0.15, -0.1) is 0 Å². The predicted molar refractivity (Wildman–Crippen MR) is 72.9 cm³/mol. The average molecular weight is 261 g/mol. The number of hydrogen-bond donors (Lipinski definition) is 1. The Kier molecular flexibility index (Phi) is 5.93. The highest BCUT2D eigenvalue weighted by Gasteiger charge is 2.33. The van der Waals surface area contributed by atoms with Crippen molar-refractivity contribution in [3.63, 3.8) is 0 Å². The molecule has 0 aromatic rings. The highest BCUT2D eigenvalue weighted by atomic mass is 32.2. The van der Waals surface area contributed by atoms with Gasteiger partial charge in [-0.2, -0.15) is 0 Å². The van der Waals surface area contributed by atoms with Gasteiger partial charge in [0.2, 0.25) is 0 Å². The van der Waals surface area contributed by atoms with E-state index in [9.17, 15) is 8.42 Å². The Morgan fingerprint density at radius 3 is 2.53 bits per heavy atom. The minimum Gasteiger partial charge on any atom is -0.316 e. The average Bonchev–Trinajstić information content (AvgIpc) is 2.57. The van der Waals surface area contributed by atoms with Gasteiger partial charge in [0.1, 0.15) is 0 Å². The second-order valence-electron chi connectivity index (χ2n) is 5.76. The lowest BCUT2D eigenvalue weighted by molar-refractivity contribution is 0.292. The van der Waals surface area contributed by atoms with E-state index < -0.39 is 9.84 Å². The molecule has 0 bridgehead atoms. The molecule has 102 valence electrons. The molecule has 0 saturated carbocycles. The van der Waals surface area contributed by atoms with E-state index in [2.05, 4.69) is 26.1 Å². The Morgan fingerprint density at radius 2 is 2.06 bits per heavy atom. The van der Waals surface area contributed by atoms with Crippen LogP contribution in [0.2, 0.25) is 0 Å². The molecule has 0 spiro atoms. The third kappa shape index (κ3) is 5.38. The van der Waals surface area contributed by atoms with Crippen LogP contribution in [-0.4, -0.2) is 33.0 Å². The topological polar surface area (TPSA) is 46.2 Å². The van der Waals surface area contributed by atoms with Gasteiger partial charge in [-0.25, -0.2) is 8.42 Å². The minimum atomic E-state index is -2.73. The Balaban J connectivity index is 2.50. The first kappa shape index (κ1) is 15.0. The maximum Gasteiger partial charge on any atom is 0.150 e. The van der Waals surface area contributed by atoms with Gasteiger partial charge in [0, 0.05) is 0 Å². The Morgan fingerprint density at radius 1 is 1.35 bits per heavy atom. The zero-order chi connectivity index (χ0) is 12.9. The molecule has 0 radical (unpaired) electrons. The molecule has 1 N–H and O–H groups in total. The maximum absolute atomic E-state index is 11.5. The van der Waals surface area contributed by atoms with Gasteiger partial charge < -0.3 is 5.32 Å². The summed E-state index contributed by atoms with van der Waals surface area (Å²) < 4.78 is 23.1. The van der Waals surface area contributed by atoms with Crippen LogP contribution in [0, 0.1) is 17.8 Å². The van der Waals surface area contributed by atoms with E-state index >= 15 is 0 Å². The van der Waals surface area contributed by atoms with Crippen LogP contribution in [0.25, 0.3) is 0 Å². The number of sulfone groups is 1. The Labute approximate surface area is 106 Å². The van der Waals surface area contributed by atoms with E-state index in [4.69, 9.17) is 0 Å². The third-order valence-corrected chi connectivity index (χ3v) is 5.34. The summed E-state index contributed by atoms with van der Waals surface area (Å²) >= 11 is 0. The molecule has 1 fully saturated rings. The predicted octanol–water partition coefficient (Wildman–Crippen LogP) is 2.08. The van der Waals surface area contributed by atoms with E-state index in [0.717, 1.165) is 32.4 Å². The SMILES string of the molecule is CCCNCC(CC(C)C)C1CCS(=O)(=O)C1. The molecule has 1 aliphatic heterocycles. The van der Waals surface area contributed by atoms with E-state index in [1.165, 1.54) is 0 Å². The van der Waals surface area contributed by atoms with Gasteiger partial charge in [0.15, 0.2) is 9.84 Å². The zero-order valence-corrected chi connectivity index (χ0v) is 12.2. The normalized spacial score (nSPS) is 25.3. The fourth-order valence-electron chi connectivity index (χ4n) is 2.71. The summed E-state index contributed by atoms with van der Waals surface area (Å²) in [7, 11) is -2.73. The van der Waals surface area contributed by atoms with Crippen LogP contribution >= 0.6 is 0 Å². The van der Waals surface area contributed by atoms with Crippen molar-refractivity contribution in [2.24, 2.45) is 17.8 Å². The van der Waals surface area contributed by atoms with Crippen molar-refractivity contribution in [3.05, 3.63) is 0 Å². The molecule has 0 aliphatic carbocycles. The van der Waals surface area contributed by atoms with Crippen LogP contribution in [0.15, 0.2) is 0 Å². The summed E-state index contributed by atoms with van der Waals surface area (Å²) in [4.78, 5) is 0. The third-order valence-electron chi connectivity index (χ3n) is 3.54. The summed E-state index contributed by atoms with van der Waals surface area (Å²) in [5.41, 5.74) is 0. The number of nitrogens with one attached hydrogen (secondary N) is 1. The molecule has 1 rings (SSSR count). The van der Waals surface area contributed by atoms with Crippen LogP contribution in [0.3, 0.4) is 0 Å². The lowest BCUT2D eigenvalue weighted by Crippen LogP contribution is -2.30. The fourth-order valence-corrected chi connectivity index (χ4v) is 4.63. The van der Waals surface area contributed by atoms with Crippen molar-refractivity contribution in [1.29, 1.82) is 0 Å². The van der Waals surface area contributed by atoms with Crippen LogP contribution in [0.1, 0.15) is 40.0 Å². The highest BCUT2D eigenvalue weighted by Crippen LogP contribution is 2.29. The van der Waals surface area contributed by atoms with E-state index in [0.29, 0.717) is 29.3 Å². The molecule has 1 heterocycles. The number of rotatable bonds is 7. The van der Waals surface area contributed by atoms with Crippen LogP contribution in [0.4, 0.5) is 0 Å². The second kappa shape index (κ2) is 6.74. The first-order valence-corrected chi connectivity index (χ1v) is 8.68. The van der Waals surface area contributed by atoms with Crippen LogP contribution in [-0.2, 0) is 9.84 Å². The summed E-state index contributed by atoms with van der Waals surface area (Å²) in [5, 5.41) is 3.45. The Hall–Kier alpha value is -0.0900. The van der Waals surface area contributed by atoms with E-state index in [-0.39, 0.29) is 0 Å². The van der Waals surface area contributed by atoms with Crippen molar-refractivity contribution in [2.45, 2.75) is 40.0 Å². The number of hydrogen-bond acceptors (Lipinski definition) is 3. The van der Waals surface area contributed by atoms with Gasteiger partial charge in [-0.05, 0) is 50.1 Å². The Bertz CT molecular complexity index is 311. The van der Waals surface area contributed by atoms with E-state index in [1.807, 2.05) is 0 Å². The summed E-state index contributed by atoms with van der Waals surface area (Å²) in [5.74, 6) is 2.37. The zero-order valence-electron chi connectivity index (χ0n) is 11.4. The molecule has 0 aromatic carbocycles. The van der Waals surface area contributed by atoms with Crippen LogP contribution < -0.4 is 5.32 Å². The smallest absolute Gasteiger partial charge is 0.150 e. The molecular formula is C13H27NO2S. The fraction of sp³-hybridized carbons (Fsp3) is 1.00. The van der Waals surface area contributed by atoms with Crippen molar-refractivity contribution in [3.8, 4) is 0 Å². The highest BCUT2D eigenvalue weighted by molar-refractivity contribution is 7.91. The standard InChI is InChI=1S/C13H27NO2S/c1-4-6-14-9-13(8-11(2)3)12-5-7-17(15,16)10-12/h11-14H,4-10H2,1-3H3. The van der Waals surface area contributed by atoms with Gasteiger partial charge in [-0.1, -0.05) is 20.8 Å². The molecule has 4 heteroatoms. The van der Waals surface area contributed by atoms with Crippen molar-refractivity contribution >= 4 is 9.84 Å². The summed E-state index contributed by atoms with van der Waals surface area (Å²) in [6, 6.07) is 0. The molecule has 1 saturated heterocycles. The second-order valence-corrected chi connectivity index (χ2v) is 7.99. The molecule has 2 unspecified atom stereocenters. The van der Waals surface area contributed by atoms with Gasteiger partial charge >= 0.3 is 0 Å². The first-order valence-electron chi connectivity index (χ1n) is 6.85. The van der Waals surface area contributed by atoms with Crippen molar-refractivity contribution < 1.29 is 8.42 Å². The van der Waals surface area contributed by atoms with Gasteiger partial charge in [0.05, 0.1) is 11.5 Å². The van der Waals surface area contributed by atoms with E-state index in [1.54, 1.807) is 0 Å². The molecule has 0 amide bonds. The first-order chi connectivity index (χ1) is 7.94. The van der Waals surface area contributed by atoms with Crippen molar-refractivity contribution in [2.75, 3.05) is 24.6 Å². The lowest BCUT2D eigenvalue weighted by atomic mass is 9.85. The summed E-state index contributed by atoms with van der Waals surface area (Å²) in [6.45, 7) is 8.61. The molecule has 1 aliphatic rings. The molecule has 0 aromatic heterocycles. The summed E-state index contributed by atoms with van der Waals surface area (Å²) in [6.07, 6.45) is 3.14. The largest absolute Gasteiger partial charge is 0.316 e.